The summed E-state index contributed by atoms with van der Waals surface area (Å²) in [4.78, 5) is 17.3. The lowest BCUT2D eigenvalue weighted by molar-refractivity contribution is -0.126. The summed E-state index contributed by atoms with van der Waals surface area (Å²) in [5, 5.41) is 3.25. The average molecular weight is 307 g/mol. The van der Waals surface area contributed by atoms with E-state index in [2.05, 4.69) is 22.5 Å². The lowest BCUT2D eigenvalue weighted by Gasteiger charge is -2.23. The summed E-state index contributed by atoms with van der Waals surface area (Å²) >= 11 is 0. The van der Waals surface area contributed by atoms with Gasteiger partial charge in [0.2, 0.25) is 5.91 Å². The fourth-order valence-corrected chi connectivity index (χ4v) is 3.93. The van der Waals surface area contributed by atoms with Crippen LogP contribution in [0.1, 0.15) is 30.3 Å². The summed E-state index contributed by atoms with van der Waals surface area (Å²) < 4.78 is 1.97. The topological polar surface area (TPSA) is 46.9 Å². The number of amides is 1. The Morgan fingerprint density at radius 1 is 1.26 bits per heavy atom. The van der Waals surface area contributed by atoms with Gasteiger partial charge < -0.3 is 9.88 Å². The first-order chi connectivity index (χ1) is 11.2. The highest BCUT2D eigenvalue weighted by atomic mass is 16.2. The van der Waals surface area contributed by atoms with Crippen molar-refractivity contribution in [2.24, 2.45) is 24.8 Å². The number of nitrogens with zero attached hydrogens (tertiary/aromatic N) is 2. The first-order valence-corrected chi connectivity index (χ1v) is 8.23. The van der Waals surface area contributed by atoms with E-state index in [1.165, 1.54) is 0 Å². The van der Waals surface area contributed by atoms with Gasteiger partial charge in [0.05, 0.1) is 0 Å². The molecule has 0 saturated heterocycles. The van der Waals surface area contributed by atoms with Crippen LogP contribution < -0.4 is 5.32 Å². The number of rotatable bonds is 4. The first-order valence-electron chi connectivity index (χ1n) is 8.23. The van der Waals surface area contributed by atoms with Crippen LogP contribution in [0, 0.1) is 17.8 Å². The van der Waals surface area contributed by atoms with Crippen LogP contribution in [0.15, 0.2) is 54.9 Å². The minimum absolute atomic E-state index is 0.108. The highest BCUT2D eigenvalue weighted by molar-refractivity contribution is 5.80. The van der Waals surface area contributed by atoms with Gasteiger partial charge in [-0.1, -0.05) is 42.5 Å². The molecular weight excluding hydrogens is 286 g/mol. The number of allylic oxidation sites excluding steroid dienone is 2. The van der Waals surface area contributed by atoms with Crippen LogP contribution in [0.3, 0.4) is 0 Å². The zero-order chi connectivity index (χ0) is 15.8. The highest BCUT2D eigenvalue weighted by Crippen LogP contribution is 2.43. The van der Waals surface area contributed by atoms with Crippen LogP contribution in [-0.4, -0.2) is 15.5 Å². The standard InChI is InChI=1S/C19H21N3O/c1-22-10-9-20-18(22)17(14-5-3-2-4-6-14)21-19(23)16-12-13-7-8-15(16)11-13/h2-10,13,15-17H,11-12H2,1H3,(H,21,23)/t13-,15-,16+,17+/m0/s1. The Kier molecular flexibility index (Phi) is 3.52. The number of carbonyl (C=O) groups is 1. The molecule has 1 aromatic heterocycles. The number of aryl methyl sites for hydroxylation is 1. The van der Waals surface area contributed by atoms with E-state index in [9.17, 15) is 4.79 Å². The molecule has 0 unspecified atom stereocenters. The maximum atomic E-state index is 12.8. The van der Waals surface area contributed by atoms with Gasteiger partial charge in [0, 0.05) is 25.4 Å². The number of fused-ring (bicyclic) bond motifs is 2. The summed E-state index contributed by atoms with van der Waals surface area (Å²) in [6, 6.07) is 9.87. The molecule has 4 atom stereocenters. The molecule has 1 N–H and O–H groups in total. The second-order valence-electron chi connectivity index (χ2n) is 6.64. The van der Waals surface area contributed by atoms with Gasteiger partial charge in [-0.3, -0.25) is 4.79 Å². The molecule has 0 aliphatic heterocycles. The number of benzene rings is 1. The Hall–Kier alpha value is -2.36. The quantitative estimate of drug-likeness (QED) is 0.883. The molecule has 4 heteroatoms. The molecule has 1 heterocycles. The number of imidazole rings is 1. The molecule has 2 aliphatic rings. The summed E-state index contributed by atoms with van der Waals surface area (Å²) in [5.74, 6) is 2.13. The van der Waals surface area contributed by atoms with Crippen molar-refractivity contribution in [2.75, 3.05) is 0 Å². The zero-order valence-electron chi connectivity index (χ0n) is 13.2. The van der Waals surface area contributed by atoms with Crippen molar-refractivity contribution < 1.29 is 4.79 Å². The molecule has 0 spiro atoms. The Bertz CT molecular complexity index is 734. The highest BCUT2D eigenvalue weighted by Gasteiger charge is 2.40. The molecule has 2 aromatic rings. The van der Waals surface area contributed by atoms with Crippen LogP contribution in [-0.2, 0) is 11.8 Å². The van der Waals surface area contributed by atoms with Crippen molar-refractivity contribution in [3.63, 3.8) is 0 Å². The fourth-order valence-electron chi connectivity index (χ4n) is 3.93. The van der Waals surface area contributed by atoms with Crippen molar-refractivity contribution in [1.29, 1.82) is 0 Å². The van der Waals surface area contributed by atoms with Crippen LogP contribution in [0.2, 0.25) is 0 Å². The van der Waals surface area contributed by atoms with Crippen molar-refractivity contribution in [1.82, 2.24) is 14.9 Å². The Balaban J connectivity index is 1.60. The smallest absolute Gasteiger partial charge is 0.224 e. The second kappa shape index (κ2) is 5.69. The van der Waals surface area contributed by atoms with Gasteiger partial charge in [-0.2, -0.15) is 0 Å². The monoisotopic (exact) mass is 307 g/mol. The van der Waals surface area contributed by atoms with Crippen molar-refractivity contribution >= 4 is 5.91 Å². The number of hydrogen-bond donors (Lipinski definition) is 1. The second-order valence-corrected chi connectivity index (χ2v) is 6.64. The van der Waals surface area contributed by atoms with Crippen LogP contribution in [0.4, 0.5) is 0 Å². The van der Waals surface area contributed by atoms with Crippen molar-refractivity contribution in [2.45, 2.75) is 18.9 Å². The summed E-state index contributed by atoms with van der Waals surface area (Å²) in [7, 11) is 1.96. The maximum absolute atomic E-state index is 12.8. The molecule has 2 bridgehead atoms. The molecule has 23 heavy (non-hydrogen) atoms. The van der Waals surface area contributed by atoms with E-state index in [-0.39, 0.29) is 17.9 Å². The summed E-state index contributed by atoms with van der Waals surface area (Å²) in [5.41, 5.74) is 1.06. The SMILES string of the molecule is Cn1ccnc1[C@H](NC(=O)[C@@H]1C[C@H]2C=C[C@H]1C2)c1ccccc1. The molecule has 1 amide bonds. The molecule has 1 fully saturated rings. The molecule has 0 radical (unpaired) electrons. The molecule has 4 nitrogen and oxygen atoms in total. The largest absolute Gasteiger partial charge is 0.342 e. The van der Waals surface area contributed by atoms with Crippen LogP contribution in [0.5, 0.6) is 0 Å². The van der Waals surface area contributed by atoms with E-state index in [1.807, 2.05) is 48.1 Å². The van der Waals surface area contributed by atoms with Gasteiger partial charge in [0.15, 0.2) is 0 Å². The van der Waals surface area contributed by atoms with E-state index in [0.29, 0.717) is 11.8 Å². The molecular formula is C19H21N3O. The predicted molar refractivity (Wildman–Crippen MR) is 88.5 cm³/mol. The minimum atomic E-state index is -0.202. The Labute approximate surface area is 136 Å². The zero-order valence-corrected chi connectivity index (χ0v) is 13.2. The van der Waals surface area contributed by atoms with Crippen molar-refractivity contribution in [3.05, 3.63) is 66.3 Å². The van der Waals surface area contributed by atoms with E-state index in [0.717, 1.165) is 24.2 Å². The number of carbonyl (C=O) groups excluding carboxylic acids is 1. The number of nitrogens with one attached hydrogen (secondary N) is 1. The van der Waals surface area contributed by atoms with E-state index in [1.54, 1.807) is 6.20 Å². The maximum Gasteiger partial charge on any atom is 0.224 e. The van der Waals surface area contributed by atoms with E-state index >= 15 is 0 Å². The molecule has 1 aromatic carbocycles. The van der Waals surface area contributed by atoms with Gasteiger partial charge in [-0.15, -0.1) is 0 Å². The van der Waals surface area contributed by atoms with Gasteiger partial charge >= 0.3 is 0 Å². The average Bonchev–Trinajstić information content (AvgIpc) is 3.30. The third-order valence-corrected chi connectivity index (χ3v) is 5.15. The Morgan fingerprint density at radius 2 is 2.09 bits per heavy atom. The first kappa shape index (κ1) is 14.2. The summed E-state index contributed by atoms with van der Waals surface area (Å²) in [6.45, 7) is 0. The lowest BCUT2D eigenvalue weighted by Crippen LogP contribution is -2.37. The van der Waals surface area contributed by atoms with Gasteiger partial charge in [0.25, 0.3) is 0 Å². The van der Waals surface area contributed by atoms with Crippen LogP contribution >= 0.6 is 0 Å². The van der Waals surface area contributed by atoms with Crippen molar-refractivity contribution in [3.8, 4) is 0 Å². The van der Waals surface area contributed by atoms with E-state index < -0.39 is 0 Å². The van der Waals surface area contributed by atoms with Gasteiger partial charge in [-0.05, 0) is 30.2 Å². The van der Waals surface area contributed by atoms with Gasteiger partial charge in [0.1, 0.15) is 11.9 Å². The third-order valence-electron chi connectivity index (χ3n) is 5.15. The summed E-state index contributed by atoms with van der Waals surface area (Å²) in [6.07, 6.45) is 10.3. The molecule has 1 saturated carbocycles. The van der Waals surface area contributed by atoms with E-state index in [4.69, 9.17) is 0 Å². The molecule has 4 rings (SSSR count). The fraction of sp³-hybridized carbons (Fsp3) is 0.368. The third kappa shape index (κ3) is 2.58. The predicted octanol–water partition coefficient (Wildman–Crippen LogP) is 2.84. The van der Waals surface area contributed by atoms with Crippen LogP contribution in [0.25, 0.3) is 0 Å². The van der Waals surface area contributed by atoms with Gasteiger partial charge in [-0.25, -0.2) is 4.98 Å². The molecule has 118 valence electrons. The lowest BCUT2D eigenvalue weighted by atomic mass is 9.92. The number of hydrogen-bond acceptors (Lipinski definition) is 2. The minimum Gasteiger partial charge on any atom is -0.342 e. The Morgan fingerprint density at radius 3 is 2.70 bits per heavy atom. The number of aromatic nitrogens is 2. The normalized spacial score (nSPS) is 26.4. The molecule has 2 aliphatic carbocycles.